The maximum Gasteiger partial charge on any atom is 0.0989 e. The van der Waals surface area contributed by atoms with Gasteiger partial charge in [0.05, 0.1) is 5.84 Å². The van der Waals surface area contributed by atoms with Gasteiger partial charge >= 0.3 is 0 Å². The lowest BCUT2D eigenvalue weighted by molar-refractivity contribution is 0.435. The van der Waals surface area contributed by atoms with E-state index in [-0.39, 0.29) is 0 Å². The van der Waals surface area contributed by atoms with E-state index in [4.69, 9.17) is 0 Å². The Morgan fingerprint density at radius 3 is 2.75 bits per heavy atom. The summed E-state index contributed by atoms with van der Waals surface area (Å²) in [5.41, 5.74) is 0. The highest BCUT2D eigenvalue weighted by molar-refractivity contribution is 5.84. The van der Waals surface area contributed by atoms with Gasteiger partial charge < -0.3 is 4.90 Å². The van der Waals surface area contributed by atoms with E-state index in [0.717, 1.165) is 6.54 Å². The molecule has 0 aromatic rings. The first-order valence-electron chi connectivity index (χ1n) is 5.25. The van der Waals surface area contributed by atoms with Crippen LogP contribution in [0.5, 0.6) is 0 Å². The van der Waals surface area contributed by atoms with Crippen molar-refractivity contribution in [2.45, 2.75) is 38.5 Å². The van der Waals surface area contributed by atoms with Gasteiger partial charge in [0.2, 0.25) is 0 Å². The average molecular weight is 166 g/mol. The van der Waals surface area contributed by atoms with Crippen LogP contribution in [0.25, 0.3) is 0 Å². The van der Waals surface area contributed by atoms with Gasteiger partial charge in [-0.2, -0.15) is 0 Å². The smallest absolute Gasteiger partial charge is 0.0989 e. The molecular weight excluding hydrogens is 148 g/mol. The molecule has 2 heterocycles. The zero-order valence-electron chi connectivity index (χ0n) is 7.76. The second-order valence-corrected chi connectivity index (χ2v) is 3.80. The lowest BCUT2D eigenvalue weighted by Crippen LogP contribution is -2.25. The van der Waals surface area contributed by atoms with Crippen molar-refractivity contribution in [1.82, 2.24) is 4.90 Å². The lowest BCUT2D eigenvalue weighted by atomic mass is 10.2. The van der Waals surface area contributed by atoms with Gasteiger partial charge in [-0.1, -0.05) is 12.8 Å². The fourth-order valence-electron chi connectivity index (χ4n) is 2.11. The zero-order valence-corrected chi connectivity index (χ0v) is 7.76. The van der Waals surface area contributed by atoms with E-state index in [1.54, 1.807) is 0 Å². The van der Waals surface area contributed by atoms with Crippen LogP contribution >= 0.6 is 0 Å². The number of amidine groups is 1. The highest BCUT2D eigenvalue weighted by Crippen LogP contribution is 2.15. The minimum atomic E-state index is 1.08. The highest BCUT2D eigenvalue weighted by Gasteiger charge is 2.17. The number of hydrogen-bond acceptors (Lipinski definition) is 2. The van der Waals surface area contributed by atoms with Crippen molar-refractivity contribution < 1.29 is 0 Å². The molecule has 0 bridgehead atoms. The summed E-state index contributed by atoms with van der Waals surface area (Å²) in [7, 11) is 0. The van der Waals surface area contributed by atoms with E-state index in [9.17, 15) is 0 Å². The summed E-state index contributed by atoms with van der Waals surface area (Å²) in [6.07, 6.45) is 8.03. The Bertz CT molecular complexity index is 175. The van der Waals surface area contributed by atoms with Crippen LogP contribution in [-0.2, 0) is 0 Å². The molecule has 0 aliphatic carbocycles. The first-order valence-corrected chi connectivity index (χ1v) is 5.25. The van der Waals surface area contributed by atoms with Crippen LogP contribution in [-0.4, -0.2) is 30.4 Å². The van der Waals surface area contributed by atoms with Crippen LogP contribution in [0.4, 0.5) is 0 Å². The van der Waals surface area contributed by atoms with Crippen LogP contribution in [0.3, 0.4) is 0 Å². The van der Waals surface area contributed by atoms with E-state index in [0.29, 0.717) is 0 Å². The summed E-state index contributed by atoms with van der Waals surface area (Å²) in [6.45, 7) is 3.60. The molecule has 0 spiro atoms. The third kappa shape index (κ3) is 1.79. The number of nitrogens with zero attached hydrogens (tertiary/aromatic N) is 2. The van der Waals surface area contributed by atoms with Gasteiger partial charge in [0.1, 0.15) is 0 Å². The standard InChI is InChI=1S/C10H18N2/c1-2-4-8-12-9-5-6-10(12)11-7-3-1/h1-9H2/b11-10-. The lowest BCUT2D eigenvalue weighted by Gasteiger charge is -2.17. The molecule has 12 heavy (non-hydrogen) atoms. The average Bonchev–Trinajstić information content (AvgIpc) is 2.50. The molecule has 0 unspecified atom stereocenters. The molecule has 2 heteroatoms. The van der Waals surface area contributed by atoms with Gasteiger partial charge in [-0.3, -0.25) is 4.99 Å². The SMILES string of the molecule is C1CCCN2CCC/C2=N/CC1. The quantitative estimate of drug-likeness (QED) is 0.538. The topological polar surface area (TPSA) is 15.6 Å². The Morgan fingerprint density at radius 2 is 1.75 bits per heavy atom. The molecule has 0 aromatic carbocycles. The minimum absolute atomic E-state index is 1.08. The molecule has 0 atom stereocenters. The van der Waals surface area contributed by atoms with E-state index in [2.05, 4.69) is 9.89 Å². The fraction of sp³-hybridized carbons (Fsp3) is 0.900. The number of rotatable bonds is 0. The maximum atomic E-state index is 4.65. The van der Waals surface area contributed by atoms with Crippen LogP contribution in [0.15, 0.2) is 4.99 Å². The number of hydrogen-bond donors (Lipinski definition) is 0. The molecule has 0 saturated carbocycles. The molecule has 68 valence electrons. The summed E-state index contributed by atoms with van der Waals surface area (Å²) in [5.74, 6) is 1.40. The van der Waals surface area contributed by atoms with Crippen molar-refractivity contribution in [3.63, 3.8) is 0 Å². The van der Waals surface area contributed by atoms with Gasteiger partial charge in [-0.15, -0.1) is 0 Å². The molecule has 2 aliphatic heterocycles. The molecule has 0 radical (unpaired) electrons. The molecule has 0 N–H and O–H groups in total. The zero-order chi connectivity index (χ0) is 8.23. The fourth-order valence-corrected chi connectivity index (χ4v) is 2.11. The summed E-state index contributed by atoms with van der Waals surface area (Å²) >= 11 is 0. The first kappa shape index (κ1) is 8.09. The molecule has 0 aromatic heterocycles. The highest BCUT2D eigenvalue weighted by atomic mass is 15.2. The van der Waals surface area contributed by atoms with Crippen molar-refractivity contribution in [2.75, 3.05) is 19.6 Å². The Balaban J connectivity index is 1.99. The summed E-state index contributed by atoms with van der Waals surface area (Å²) in [4.78, 5) is 7.14. The summed E-state index contributed by atoms with van der Waals surface area (Å²) < 4.78 is 0. The minimum Gasteiger partial charge on any atom is -0.360 e. The number of fused-ring (bicyclic) bond motifs is 1. The summed E-state index contributed by atoms with van der Waals surface area (Å²) in [6, 6.07) is 0. The second-order valence-electron chi connectivity index (χ2n) is 3.80. The Labute approximate surface area is 74.7 Å². The van der Waals surface area contributed by atoms with Crippen LogP contribution in [0, 0.1) is 0 Å². The van der Waals surface area contributed by atoms with E-state index in [1.807, 2.05) is 0 Å². The van der Waals surface area contributed by atoms with Crippen molar-refractivity contribution in [1.29, 1.82) is 0 Å². The third-order valence-electron chi connectivity index (χ3n) is 2.82. The molecule has 2 nitrogen and oxygen atoms in total. The van der Waals surface area contributed by atoms with Crippen LogP contribution < -0.4 is 0 Å². The van der Waals surface area contributed by atoms with Gasteiger partial charge in [-0.05, 0) is 19.3 Å². The van der Waals surface area contributed by atoms with Crippen molar-refractivity contribution in [3.05, 3.63) is 0 Å². The van der Waals surface area contributed by atoms with Crippen LogP contribution in [0.2, 0.25) is 0 Å². The van der Waals surface area contributed by atoms with Crippen molar-refractivity contribution >= 4 is 5.84 Å². The molecule has 1 saturated heterocycles. The van der Waals surface area contributed by atoms with Gasteiger partial charge in [0.25, 0.3) is 0 Å². The Kier molecular flexibility index (Phi) is 2.64. The molecular formula is C10H18N2. The predicted octanol–water partition coefficient (Wildman–Crippen LogP) is 2.05. The number of aliphatic imine (C=N–C) groups is 1. The molecule has 1 fully saturated rings. The molecule has 2 aliphatic rings. The Hall–Kier alpha value is -0.530. The second kappa shape index (κ2) is 3.92. The molecule has 0 amide bonds. The van der Waals surface area contributed by atoms with Crippen molar-refractivity contribution in [2.24, 2.45) is 4.99 Å². The van der Waals surface area contributed by atoms with Gasteiger partial charge in [-0.25, -0.2) is 0 Å². The van der Waals surface area contributed by atoms with E-state index in [1.165, 1.54) is 57.5 Å². The van der Waals surface area contributed by atoms with E-state index >= 15 is 0 Å². The predicted molar refractivity (Wildman–Crippen MR) is 51.6 cm³/mol. The first-order chi connectivity index (χ1) is 5.97. The Morgan fingerprint density at radius 1 is 0.917 bits per heavy atom. The third-order valence-corrected chi connectivity index (χ3v) is 2.82. The molecule has 2 rings (SSSR count). The van der Waals surface area contributed by atoms with Gasteiger partial charge in [0, 0.05) is 26.1 Å². The largest absolute Gasteiger partial charge is 0.360 e. The monoisotopic (exact) mass is 166 g/mol. The normalized spacial score (nSPS) is 29.7. The summed E-state index contributed by atoms with van der Waals surface area (Å²) in [5, 5.41) is 0. The van der Waals surface area contributed by atoms with E-state index < -0.39 is 0 Å². The van der Waals surface area contributed by atoms with Crippen LogP contribution in [0.1, 0.15) is 38.5 Å². The van der Waals surface area contributed by atoms with Crippen molar-refractivity contribution in [3.8, 4) is 0 Å². The maximum absolute atomic E-state index is 4.65. The van der Waals surface area contributed by atoms with Gasteiger partial charge in [0.15, 0.2) is 0 Å².